The maximum Gasteiger partial charge on any atom is 0.262 e. The second-order valence-corrected chi connectivity index (χ2v) is 7.10. The Morgan fingerprint density at radius 2 is 1.94 bits per heavy atom. The number of nitrogens with one attached hydrogen (secondary N) is 1. The van der Waals surface area contributed by atoms with Gasteiger partial charge >= 0.3 is 0 Å². The van der Waals surface area contributed by atoms with E-state index in [0.717, 1.165) is 17.7 Å². The molecule has 4 rings (SSSR count). The molecular weight excluding hydrogens is 396 g/mol. The summed E-state index contributed by atoms with van der Waals surface area (Å²) in [6.07, 6.45) is 2.60. The second-order valence-electron chi connectivity index (χ2n) is 7.10. The molecule has 0 spiro atoms. The van der Waals surface area contributed by atoms with E-state index in [4.69, 9.17) is 18.9 Å². The van der Waals surface area contributed by atoms with Gasteiger partial charge in [-0.25, -0.2) is 4.98 Å². The zero-order valence-corrected chi connectivity index (χ0v) is 17.5. The molecule has 31 heavy (non-hydrogen) atoms. The summed E-state index contributed by atoms with van der Waals surface area (Å²) in [5.41, 5.74) is 1.65. The van der Waals surface area contributed by atoms with Crippen molar-refractivity contribution in [2.24, 2.45) is 0 Å². The van der Waals surface area contributed by atoms with E-state index in [9.17, 15) is 4.79 Å². The monoisotopic (exact) mass is 420 g/mol. The van der Waals surface area contributed by atoms with Gasteiger partial charge in [0.15, 0.2) is 6.61 Å². The van der Waals surface area contributed by atoms with Crippen molar-refractivity contribution in [1.82, 2.24) is 4.98 Å². The molecule has 2 aromatic carbocycles. The highest BCUT2D eigenvalue weighted by Crippen LogP contribution is 2.38. The number of hydrogen-bond donors (Lipinski definition) is 1. The molecule has 3 aromatic rings. The molecule has 0 radical (unpaired) electrons. The van der Waals surface area contributed by atoms with Crippen molar-refractivity contribution in [3.8, 4) is 28.9 Å². The van der Waals surface area contributed by atoms with Crippen LogP contribution in [0.25, 0.3) is 0 Å². The molecule has 1 aromatic heterocycles. The van der Waals surface area contributed by atoms with Crippen molar-refractivity contribution in [1.29, 1.82) is 0 Å². The van der Waals surface area contributed by atoms with Gasteiger partial charge in [0.05, 0.1) is 12.3 Å². The van der Waals surface area contributed by atoms with E-state index in [2.05, 4.69) is 10.3 Å². The number of hydrogen-bond acceptors (Lipinski definition) is 6. The molecule has 1 aliphatic rings. The molecule has 0 bridgehead atoms. The number of carbonyl (C=O) groups is 1. The Balaban J connectivity index is 1.35. The van der Waals surface area contributed by atoms with Crippen LogP contribution in [0.1, 0.15) is 19.4 Å². The van der Waals surface area contributed by atoms with E-state index in [1.807, 2.05) is 38.1 Å². The summed E-state index contributed by atoms with van der Waals surface area (Å²) in [6.45, 7) is 4.28. The normalized spacial score (nSPS) is 14.3. The van der Waals surface area contributed by atoms with Gasteiger partial charge in [0, 0.05) is 30.3 Å². The van der Waals surface area contributed by atoms with Crippen molar-refractivity contribution in [2.45, 2.75) is 26.4 Å². The minimum absolute atomic E-state index is 0.114. The Bertz CT molecular complexity index is 1040. The number of carbonyl (C=O) groups excluding carboxylic acids is 1. The van der Waals surface area contributed by atoms with Gasteiger partial charge in [-0.1, -0.05) is 6.07 Å². The van der Waals surface area contributed by atoms with Gasteiger partial charge < -0.3 is 24.3 Å². The van der Waals surface area contributed by atoms with Crippen LogP contribution >= 0.6 is 0 Å². The summed E-state index contributed by atoms with van der Waals surface area (Å²) in [5, 5.41) is 2.85. The Hall–Kier alpha value is -3.74. The zero-order valence-electron chi connectivity index (χ0n) is 17.5. The molecule has 1 aliphatic heterocycles. The number of pyridine rings is 1. The lowest BCUT2D eigenvalue weighted by Gasteiger charge is -2.14. The minimum Gasteiger partial charge on any atom is -0.492 e. The Morgan fingerprint density at radius 3 is 2.68 bits per heavy atom. The van der Waals surface area contributed by atoms with Crippen molar-refractivity contribution >= 4 is 11.6 Å². The summed E-state index contributed by atoms with van der Waals surface area (Å²) in [5.74, 6) is 2.80. The lowest BCUT2D eigenvalue weighted by Crippen LogP contribution is -2.20. The highest BCUT2D eigenvalue weighted by molar-refractivity contribution is 5.93. The van der Waals surface area contributed by atoms with Gasteiger partial charge in [0.25, 0.3) is 5.91 Å². The maximum atomic E-state index is 12.4. The quantitative estimate of drug-likeness (QED) is 0.573. The van der Waals surface area contributed by atoms with Crippen LogP contribution in [-0.2, 0) is 11.2 Å². The predicted octanol–water partition coefficient (Wildman–Crippen LogP) is 4.61. The largest absolute Gasteiger partial charge is 0.492 e. The van der Waals surface area contributed by atoms with E-state index < -0.39 is 0 Å². The van der Waals surface area contributed by atoms with E-state index in [1.165, 1.54) is 0 Å². The van der Waals surface area contributed by atoms with Gasteiger partial charge in [-0.2, -0.15) is 0 Å². The van der Waals surface area contributed by atoms with Crippen LogP contribution in [0.3, 0.4) is 0 Å². The van der Waals surface area contributed by atoms with Crippen LogP contribution in [0.4, 0.5) is 5.69 Å². The third kappa shape index (κ3) is 5.25. The number of ether oxygens (including phenoxy) is 4. The van der Waals surface area contributed by atoms with Crippen LogP contribution in [0, 0.1) is 0 Å². The molecule has 0 fully saturated rings. The molecule has 160 valence electrons. The van der Waals surface area contributed by atoms with Gasteiger partial charge in [0.1, 0.15) is 29.1 Å². The molecule has 1 N–H and O–H groups in total. The van der Waals surface area contributed by atoms with Crippen LogP contribution in [0.5, 0.6) is 28.9 Å². The molecule has 2 heterocycles. The molecule has 1 unspecified atom stereocenters. The fourth-order valence-corrected chi connectivity index (χ4v) is 3.28. The van der Waals surface area contributed by atoms with Crippen LogP contribution in [-0.4, -0.2) is 30.2 Å². The summed E-state index contributed by atoms with van der Waals surface area (Å²) in [6, 6.07) is 16.2. The number of amides is 1. The lowest BCUT2D eigenvalue weighted by molar-refractivity contribution is -0.118. The Labute approximate surface area is 180 Å². The molecular formula is C24H24N2O5. The molecule has 0 saturated heterocycles. The summed E-state index contributed by atoms with van der Waals surface area (Å²) in [4.78, 5) is 16.6. The van der Waals surface area contributed by atoms with Gasteiger partial charge in [0.2, 0.25) is 5.88 Å². The van der Waals surface area contributed by atoms with Gasteiger partial charge in [-0.15, -0.1) is 0 Å². The average molecular weight is 420 g/mol. The first-order valence-corrected chi connectivity index (χ1v) is 10.2. The third-order valence-corrected chi connectivity index (χ3v) is 4.63. The second kappa shape index (κ2) is 9.38. The summed E-state index contributed by atoms with van der Waals surface area (Å²) >= 11 is 0. The first-order valence-electron chi connectivity index (χ1n) is 10.2. The summed E-state index contributed by atoms with van der Waals surface area (Å²) < 4.78 is 22.7. The molecule has 7 heteroatoms. The fourth-order valence-electron chi connectivity index (χ4n) is 3.28. The minimum atomic E-state index is -0.291. The number of rotatable bonds is 8. The number of aromatic nitrogens is 1. The standard InChI is InChI=1S/C24H24N2O5/c1-3-28-22-13-17-12-16(2)30-21(17)14-20(22)26-23(27)15-29-18-7-9-19(10-8-18)31-24-6-4-5-11-25-24/h4-11,13-14,16H,3,12,15H2,1-2H3,(H,26,27). The SMILES string of the molecule is CCOc1cc2c(cc1NC(=O)COc1ccc(Oc3ccccn3)cc1)OC(C)C2. The van der Waals surface area contributed by atoms with E-state index in [0.29, 0.717) is 35.4 Å². The average Bonchev–Trinajstić information content (AvgIpc) is 3.13. The van der Waals surface area contributed by atoms with Crippen LogP contribution < -0.4 is 24.3 Å². The van der Waals surface area contributed by atoms with Gasteiger partial charge in [-0.3, -0.25) is 4.79 Å². The van der Waals surface area contributed by atoms with Gasteiger partial charge in [-0.05, 0) is 50.2 Å². The smallest absolute Gasteiger partial charge is 0.262 e. The number of fused-ring (bicyclic) bond motifs is 1. The van der Waals surface area contributed by atoms with E-state index in [1.54, 1.807) is 36.5 Å². The van der Waals surface area contributed by atoms with Crippen molar-refractivity contribution in [2.75, 3.05) is 18.5 Å². The predicted molar refractivity (Wildman–Crippen MR) is 116 cm³/mol. The fraction of sp³-hybridized carbons (Fsp3) is 0.250. The summed E-state index contributed by atoms with van der Waals surface area (Å²) in [7, 11) is 0. The van der Waals surface area contributed by atoms with Crippen molar-refractivity contribution < 1.29 is 23.7 Å². The molecule has 1 amide bonds. The van der Waals surface area contributed by atoms with E-state index >= 15 is 0 Å². The van der Waals surface area contributed by atoms with Crippen LogP contribution in [0.15, 0.2) is 60.8 Å². The number of anilines is 1. The zero-order chi connectivity index (χ0) is 21.6. The Kier molecular flexibility index (Phi) is 6.21. The molecule has 0 saturated carbocycles. The topological polar surface area (TPSA) is 78.9 Å². The Morgan fingerprint density at radius 1 is 1.13 bits per heavy atom. The highest BCUT2D eigenvalue weighted by Gasteiger charge is 2.22. The first kappa shape index (κ1) is 20.5. The van der Waals surface area contributed by atoms with Crippen molar-refractivity contribution in [3.05, 3.63) is 66.4 Å². The highest BCUT2D eigenvalue weighted by atomic mass is 16.5. The van der Waals surface area contributed by atoms with E-state index in [-0.39, 0.29) is 18.6 Å². The maximum absolute atomic E-state index is 12.4. The number of benzene rings is 2. The third-order valence-electron chi connectivity index (χ3n) is 4.63. The first-order chi connectivity index (χ1) is 15.1. The van der Waals surface area contributed by atoms with Crippen molar-refractivity contribution in [3.63, 3.8) is 0 Å². The molecule has 1 atom stereocenters. The molecule has 7 nitrogen and oxygen atoms in total. The molecule has 0 aliphatic carbocycles. The lowest BCUT2D eigenvalue weighted by atomic mass is 10.1. The number of nitrogens with zero attached hydrogens (tertiary/aromatic N) is 1. The van der Waals surface area contributed by atoms with Crippen LogP contribution in [0.2, 0.25) is 0 Å².